The second kappa shape index (κ2) is 10.7. The number of hydrogen-bond donors (Lipinski definition) is 2. The SMILES string of the molecule is Cc1cccnc1Nc1cnc(CC2CCN(c3cc4c(cc3F)C(=O)N(C3CCC(=O)NC3=O)C4=O)CC2)cn1. The van der Waals surface area contributed by atoms with E-state index >= 15 is 4.39 Å². The number of carbonyl (C=O) groups excluding carboxylic acids is 4. The molecule has 1 aromatic carbocycles. The number of halogens is 1. The van der Waals surface area contributed by atoms with Crippen molar-refractivity contribution in [3.05, 3.63) is 71.1 Å². The Kier molecular flexibility index (Phi) is 6.90. The molecule has 0 saturated carbocycles. The highest BCUT2D eigenvalue weighted by molar-refractivity contribution is 6.23. The number of anilines is 3. The van der Waals surface area contributed by atoms with Gasteiger partial charge in [0, 0.05) is 25.7 Å². The molecule has 210 valence electrons. The molecule has 2 saturated heterocycles. The number of amides is 4. The molecule has 3 aliphatic rings. The Morgan fingerprint density at radius 1 is 1.00 bits per heavy atom. The van der Waals surface area contributed by atoms with E-state index in [9.17, 15) is 19.2 Å². The van der Waals surface area contributed by atoms with Crippen LogP contribution in [0.1, 0.15) is 57.7 Å². The van der Waals surface area contributed by atoms with Gasteiger partial charge in [-0.1, -0.05) is 6.07 Å². The van der Waals surface area contributed by atoms with E-state index in [2.05, 4.69) is 25.6 Å². The van der Waals surface area contributed by atoms with E-state index < -0.39 is 35.5 Å². The molecule has 5 heterocycles. The molecular weight excluding hydrogens is 529 g/mol. The standard InChI is InChI=1S/C29H28FN7O4/c1-16-3-2-8-31-26(16)34-24-15-32-18(14-33-24)11-17-6-9-36(10-7-17)23-13-20-19(12-21(23)30)28(40)37(29(20)41)22-4-5-25(38)35-27(22)39/h2-3,8,12-15,17,22H,4-7,9-11H2,1H3,(H,31,33,34)(H,35,38,39). The molecule has 1 atom stereocenters. The molecule has 0 spiro atoms. The van der Waals surface area contributed by atoms with Crippen LogP contribution >= 0.6 is 0 Å². The Morgan fingerprint density at radius 3 is 2.44 bits per heavy atom. The zero-order valence-electron chi connectivity index (χ0n) is 22.4. The van der Waals surface area contributed by atoms with Crippen LogP contribution in [-0.2, 0) is 16.0 Å². The first-order valence-corrected chi connectivity index (χ1v) is 13.6. The van der Waals surface area contributed by atoms with Gasteiger partial charge in [0.15, 0.2) is 0 Å². The number of nitrogens with zero attached hydrogens (tertiary/aromatic N) is 5. The molecule has 6 rings (SSSR count). The van der Waals surface area contributed by atoms with Crippen molar-refractivity contribution < 1.29 is 23.6 Å². The summed E-state index contributed by atoms with van der Waals surface area (Å²) in [4.78, 5) is 66.0. The van der Waals surface area contributed by atoms with E-state index in [1.165, 1.54) is 6.07 Å². The topological polar surface area (TPSA) is 137 Å². The summed E-state index contributed by atoms with van der Waals surface area (Å²) in [5.41, 5.74) is 2.14. The summed E-state index contributed by atoms with van der Waals surface area (Å²) in [5, 5.41) is 5.34. The van der Waals surface area contributed by atoms with E-state index in [1.807, 2.05) is 24.0 Å². The number of benzene rings is 1. The number of carbonyl (C=O) groups is 4. The Morgan fingerprint density at radius 2 is 1.76 bits per heavy atom. The predicted molar refractivity (Wildman–Crippen MR) is 146 cm³/mol. The van der Waals surface area contributed by atoms with Crippen molar-refractivity contribution in [1.82, 2.24) is 25.2 Å². The molecule has 2 fully saturated rings. The highest BCUT2D eigenvalue weighted by atomic mass is 19.1. The van der Waals surface area contributed by atoms with Crippen LogP contribution in [0.5, 0.6) is 0 Å². The summed E-state index contributed by atoms with van der Waals surface area (Å²) in [6.07, 6.45) is 7.55. The average Bonchev–Trinajstić information content (AvgIpc) is 3.19. The third-order valence-electron chi connectivity index (χ3n) is 7.92. The van der Waals surface area contributed by atoms with Gasteiger partial charge in [-0.2, -0.15) is 0 Å². The molecule has 11 nitrogen and oxygen atoms in total. The fourth-order valence-electron chi connectivity index (χ4n) is 5.66. The summed E-state index contributed by atoms with van der Waals surface area (Å²) in [7, 11) is 0. The summed E-state index contributed by atoms with van der Waals surface area (Å²) >= 11 is 0. The Balaban J connectivity index is 1.09. The smallest absolute Gasteiger partial charge is 0.262 e. The van der Waals surface area contributed by atoms with Crippen molar-refractivity contribution in [3.8, 4) is 0 Å². The third kappa shape index (κ3) is 5.12. The number of aryl methyl sites for hydroxylation is 1. The van der Waals surface area contributed by atoms with Gasteiger partial charge in [0.2, 0.25) is 11.8 Å². The molecule has 1 unspecified atom stereocenters. The van der Waals surface area contributed by atoms with Gasteiger partial charge < -0.3 is 10.2 Å². The first kappa shape index (κ1) is 26.5. The van der Waals surface area contributed by atoms with Gasteiger partial charge in [-0.25, -0.2) is 14.4 Å². The number of hydrogen-bond acceptors (Lipinski definition) is 9. The molecule has 2 N–H and O–H groups in total. The predicted octanol–water partition coefficient (Wildman–Crippen LogP) is 2.92. The van der Waals surface area contributed by atoms with Crippen molar-refractivity contribution in [2.75, 3.05) is 23.3 Å². The summed E-state index contributed by atoms with van der Waals surface area (Å²) < 4.78 is 15.2. The van der Waals surface area contributed by atoms with Crippen LogP contribution in [0.15, 0.2) is 42.9 Å². The van der Waals surface area contributed by atoms with Gasteiger partial charge in [0.05, 0.1) is 34.9 Å². The van der Waals surface area contributed by atoms with Crippen LogP contribution in [0, 0.1) is 18.7 Å². The molecule has 41 heavy (non-hydrogen) atoms. The minimum Gasteiger partial charge on any atom is -0.369 e. The van der Waals surface area contributed by atoms with Crippen LogP contribution in [0.25, 0.3) is 0 Å². The lowest BCUT2D eigenvalue weighted by atomic mass is 9.92. The van der Waals surface area contributed by atoms with Crippen molar-refractivity contribution in [2.45, 2.75) is 45.1 Å². The van der Waals surface area contributed by atoms with E-state index in [1.54, 1.807) is 18.6 Å². The van der Waals surface area contributed by atoms with Gasteiger partial charge in [-0.3, -0.25) is 34.4 Å². The summed E-state index contributed by atoms with van der Waals surface area (Å²) in [6, 6.07) is 5.25. The Labute approximate surface area is 235 Å². The molecule has 2 aromatic heterocycles. The van der Waals surface area contributed by atoms with E-state index in [-0.39, 0.29) is 29.7 Å². The molecule has 3 aliphatic heterocycles. The Hall–Kier alpha value is -4.74. The maximum Gasteiger partial charge on any atom is 0.262 e. The van der Waals surface area contributed by atoms with E-state index in [4.69, 9.17) is 0 Å². The second-order valence-corrected chi connectivity index (χ2v) is 10.6. The van der Waals surface area contributed by atoms with Gasteiger partial charge in [-0.15, -0.1) is 0 Å². The maximum atomic E-state index is 15.2. The van der Waals surface area contributed by atoms with Crippen LogP contribution in [0.3, 0.4) is 0 Å². The number of fused-ring (bicyclic) bond motifs is 1. The normalized spacial score (nSPS) is 19.4. The van der Waals surface area contributed by atoms with Gasteiger partial charge >= 0.3 is 0 Å². The van der Waals surface area contributed by atoms with Crippen molar-refractivity contribution in [2.24, 2.45) is 5.92 Å². The third-order valence-corrected chi connectivity index (χ3v) is 7.92. The monoisotopic (exact) mass is 557 g/mol. The number of nitrogens with one attached hydrogen (secondary N) is 2. The summed E-state index contributed by atoms with van der Waals surface area (Å²) in [5.74, 6) is -1.43. The molecule has 0 bridgehead atoms. The molecular formula is C29H28FN7O4. The van der Waals surface area contributed by atoms with Crippen LogP contribution in [0.2, 0.25) is 0 Å². The molecule has 0 aliphatic carbocycles. The first-order chi connectivity index (χ1) is 19.8. The molecule has 3 aromatic rings. The number of piperidine rings is 2. The highest BCUT2D eigenvalue weighted by Crippen LogP contribution is 2.34. The largest absolute Gasteiger partial charge is 0.369 e. The minimum absolute atomic E-state index is 0.0237. The van der Waals surface area contributed by atoms with E-state index in [0.29, 0.717) is 24.8 Å². The molecule has 0 radical (unpaired) electrons. The van der Waals surface area contributed by atoms with Crippen molar-refractivity contribution in [3.63, 3.8) is 0 Å². The molecule has 4 amide bonds. The quantitative estimate of drug-likeness (QED) is 0.438. The van der Waals surface area contributed by atoms with Gasteiger partial charge in [0.1, 0.15) is 23.5 Å². The number of imide groups is 2. The minimum atomic E-state index is -1.09. The number of rotatable bonds is 6. The van der Waals surface area contributed by atoms with Crippen LogP contribution in [-0.4, -0.2) is 62.6 Å². The van der Waals surface area contributed by atoms with Gasteiger partial charge in [-0.05, 0) is 62.3 Å². The van der Waals surface area contributed by atoms with Gasteiger partial charge in [0.25, 0.3) is 11.8 Å². The van der Waals surface area contributed by atoms with Crippen molar-refractivity contribution >= 4 is 41.0 Å². The number of pyridine rings is 1. The first-order valence-electron chi connectivity index (χ1n) is 13.6. The fourth-order valence-corrected chi connectivity index (χ4v) is 5.66. The van der Waals surface area contributed by atoms with Crippen LogP contribution in [0.4, 0.5) is 21.7 Å². The number of aromatic nitrogens is 3. The van der Waals surface area contributed by atoms with E-state index in [0.717, 1.165) is 47.3 Å². The zero-order chi connectivity index (χ0) is 28.7. The van der Waals surface area contributed by atoms with Crippen molar-refractivity contribution in [1.29, 1.82) is 0 Å². The zero-order valence-corrected chi connectivity index (χ0v) is 22.4. The fraction of sp³-hybridized carbons (Fsp3) is 0.345. The lowest BCUT2D eigenvalue weighted by Gasteiger charge is -2.34. The average molecular weight is 558 g/mol. The lowest BCUT2D eigenvalue weighted by Crippen LogP contribution is -2.54. The molecule has 12 heteroatoms. The highest BCUT2D eigenvalue weighted by Gasteiger charge is 2.45. The second-order valence-electron chi connectivity index (χ2n) is 10.6. The Bertz CT molecular complexity index is 1550. The maximum absolute atomic E-state index is 15.2. The van der Waals surface area contributed by atoms with Crippen LogP contribution < -0.4 is 15.5 Å². The summed E-state index contributed by atoms with van der Waals surface area (Å²) in [6.45, 7) is 3.11. The lowest BCUT2D eigenvalue weighted by molar-refractivity contribution is -0.136.